The average Bonchev–Trinajstić information content (AvgIpc) is 1.86. The topological polar surface area (TPSA) is 38.4 Å². The fourth-order valence-electron chi connectivity index (χ4n) is 0.352. The zero-order chi connectivity index (χ0) is 4.41. The molecule has 0 aromatic carbocycles. The van der Waals surface area contributed by atoms with Crippen LogP contribution in [-0.2, 0) is 0 Å². The molecule has 1 heterocycles. The van der Waals surface area contributed by atoms with Crippen molar-refractivity contribution in [2.75, 3.05) is 12.3 Å². The number of amidine groups is 1. The van der Waals surface area contributed by atoms with E-state index in [1.165, 1.54) is 0 Å². The van der Waals surface area contributed by atoms with Gasteiger partial charge in [0.2, 0.25) is 0 Å². The molecule has 0 fully saturated rings. The summed E-state index contributed by atoms with van der Waals surface area (Å²) >= 11 is 1.62. The Balaban J connectivity index is 0.000000360. The van der Waals surface area contributed by atoms with Crippen LogP contribution in [-0.4, -0.2) is 17.5 Å². The number of rotatable bonds is 0. The van der Waals surface area contributed by atoms with Gasteiger partial charge < -0.3 is 5.73 Å². The minimum absolute atomic E-state index is 0. The number of nitrogens with zero attached hydrogens (tertiary/aromatic N) is 1. The molecule has 0 bridgehead atoms. The predicted molar refractivity (Wildman–Crippen MR) is 31.1 cm³/mol. The van der Waals surface area contributed by atoms with Gasteiger partial charge in [-0.15, -0.1) is 0 Å². The van der Waals surface area contributed by atoms with Crippen molar-refractivity contribution in [1.82, 2.24) is 0 Å². The summed E-state index contributed by atoms with van der Waals surface area (Å²) in [5.41, 5.74) is 5.25. The van der Waals surface area contributed by atoms with E-state index < -0.39 is 0 Å². The third-order valence-electron chi connectivity index (χ3n) is 0.609. The van der Waals surface area contributed by atoms with E-state index in [0.29, 0.717) is 0 Å². The van der Waals surface area contributed by atoms with Gasteiger partial charge in [0.05, 0.1) is 6.54 Å². The molecule has 0 radical (unpaired) electrons. The summed E-state index contributed by atoms with van der Waals surface area (Å²) in [5.74, 6) is 1.08. The maximum atomic E-state index is 5.25. The highest BCUT2D eigenvalue weighted by Crippen LogP contribution is 2.05. The molecule has 0 amide bonds. The van der Waals surface area contributed by atoms with Crippen LogP contribution >= 0.6 is 11.8 Å². The summed E-state index contributed by atoms with van der Waals surface area (Å²) in [5, 5.41) is 0.745. The van der Waals surface area contributed by atoms with Crippen molar-refractivity contribution in [2.45, 2.75) is 0 Å². The summed E-state index contributed by atoms with van der Waals surface area (Å²) in [6.45, 7) is 0.913. The lowest BCUT2D eigenvalue weighted by Crippen LogP contribution is -2.00. The number of nitrogens with two attached hydrogens (primary N) is 1. The Labute approximate surface area is 42.3 Å². The molecule has 36 valence electrons. The van der Waals surface area contributed by atoms with E-state index in [0.717, 1.165) is 17.5 Å². The van der Waals surface area contributed by atoms with Gasteiger partial charge in [-0.3, -0.25) is 4.99 Å². The van der Waals surface area contributed by atoms with Crippen LogP contribution in [0, 0.1) is 0 Å². The maximum Gasteiger partial charge on any atom is 0.153 e. The monoisotopic (exact) mass is 104 g/mol. The SMILES string of the molecule is NC1=NCCS1.[HH]. The van der Waals surface area contributed by atoms with Crippen LogP contribution in [0.1, 0.15) is 1.43 Å². The maximum absolute atomic E-state index is 5.25. The molecule has 3 heteroatoms. The lowest BCUT2D eigenvalue weighted by Gasteiger charge is -1.78. The lowest BCUT2D eigenvalue weighted by molar-refractivity contribution is 1.17. The molecule has 0 saturated heterocycles. The Kier molecular flexibility index (Phi) is 1.01. The Morgan fingerprint density at radius 3 is 3.00 bits per heavy atom. The molecule has 1 aliphatic rings. The van der Waals surface area contributed by atoms with Crippen LogP contribution in [0.3, 0.4) is 0 Å². The Morgan fingerprint density at radius 2 is 2.83 bits per heavy atom. The van der Waals surface area contributed by atoms with Gasteiger partial charge in [0.1, 0.15) is 0 Å². The van der Waals surface area contributed by atoms with Crippen molar-refractivity contribution in [3.05, 3.63) is 0 Å². The average molecular weight is 104 g/mol. The zero-order valence-corrected chi connectivity index (χ0v) is 4.16. The smallest absolute Gasteiger partial charge is 0.153 e. The van der Waals surface area contributed by atoms with E-state index in [1.54, 1.807) is 11.8 Å². The van der Waals surface area contributed by atoms with E-state index in [2.05, 4.69) is 4.99 Å². The summed E-state index contributed by atoms with van der Waals surface area (Å²) in [7, 11) is 0. The van der Waals surface area contributed by atoms with E-state index in [4.69, 9.17) is 5.73 Å². The normalized spacial score (nSPS) is 21.0. The Bertz CT molecular complexity index is 83.0. The van der Waals surface area contributed by atoms with Gasteiger partial charge in [-0.1, -0.05) is 11.8 Å². The van der Waals surface area contributed by atoms with Gasteiger partial charge in [-0.25, -0.2) is 0 Å². The van der Waals surface area contributed by atoms with E-state index >= 15 is 0 Å². The molecule has 0 atom stereocenters. The van der Waals surface area contributed by atoms with Crippen molar-refractivity contribution >= 4 is 16.9 Å². The summed E-state index contributed by atoms with van der Waals surface area (Å²) < 4.78 is 0. The molecule has 0 aliphatic carbocycles. The van der Waals surface area contributed by atoms with Crippen molar-refractivity contribution < 1.29 is 1.43 Å². The van der Waals surface area contributed by atoms with Gasteiger partial charge in [0, 0.05) is 7.18 Å². The molecular weight excluding hydrogens is 96.1 g/mol. The molecule has 6 heavy (non-hydrogen) atoms. The number of aliphatic imine (C=N–C) groups is 1. The second kappa shape index (κ2) is 1.51. The summed E-state index contributed by atoms with van der Waals surface area (Å²) in [4.78, 5) is 3.89. The minimum atomic E-state index is 0. The quantitative estimate of drug-likeness (QED) is 0.480. The Morgan fingerprint density at radius 1 is 2.00 bits per heavy atom. The third-order valence-corrected chi connectivity index (χ3v) is 1.42. The second-order valence-electron chi connectivity index (χ2n) is 1.07. The molecule has 0 unspecified atom stereocenters. The van der Waals surface area contributed by atoms with E-state index in [-0.39, 0.29) is 1.43 Å². The highest BCUT2D eigenvalue weighted by atomic mass is 32.2. The van der Waals surface area contributed by atoms with Gasteiger partial charge in [0.15, 0.2) is 5.17 Å². The molecule has 0 aromatic rings. The van der Waals surface area contributed by atoms with Gasteiger partial charge >= 0.3 is 0 Å². The first-order valence-corrected chi connectivity index (χ1v) is 2.81. The molecule has 2 N–H and O–H groups in total. The minimum Gasteiger partial charge on any atom is -0.379 e. The summed E-state index contributed by atoms with van der Waals surface area (Å²) in [6, 6.07) is 0. The molecule has 0 saturated carbocycles. The van der Waals surface area contributed by atoms with Crippen molar-refractivity contribution in [2.24, 2.45) is 10.7 Å². The van der Waals surface area contributed by atoms with Crippen LogP contribution in [0.2, 0.25) is 0 Å². The highest BCUT2D eigenvalue weighted by Gasteiger charge is 1.98. The molecule has 0 aromatic heterocycles. The van der Waals surface area contributed by atoms with Crippen LogP contribution in [0.5, 0.6) is 0 Å². The predicted octanol–water partition coefficient (Wildman–Crippen LogP) is 0.294. The van der Waals surface area contributed by atoms with Crippen molar-refractivity contribution in [3.8, 4) is 0 Å². The zero-order valence-electron chi connectivity index (χ0n) is 3.35. The lowest BCUT2D eigenvalue weighted by atomic mass is 10.8. The largest absolute Gasteiger partial charge is 0.379 e. The third kappa shape index (κ3) is 0.653. The van der Waals surface area contributed by atoms with Crippen LogP contribution in [0.25, 0.3) is 0 Å². The summed E-state index contributed by atoms with van der Waals surface area (Å²) in [6.07, 6.45) is 0. The van der Waals surface area contributed by atoms with Gasteiger partial charge in [0.25, 0.3) is 0 Å². The first-order valence-electron chi connectivity index (χ1n) is 1.82. The highest BCUT2D eigenvalue weighted by molar-refractivity contribution is 8.14. The number of thioether (sulfide) groups is 1. The van der Waals surface area contributed by atoms with Crippen LogP contribution in [0.15, 0.2) is 4.99 Å². The second-order valence-corrected chi connectivity index (χ2v) is 2.18. The molecule has 2 nitrogen and oxygen atoms in total. The fourth-order valence-corrected chi connectivity index (χ4v) is 0.926. The first kappa shape index (κ1) is 3.99. The molecular formula is C3H8N2S. The van der Waals surface area contributed by atoms with Crippen molar-refractivity contribution in [3.63, 3.8) is 0 Å². The van der Waals surface area contributed by atoms with Crippen molar-refractivity contribution in [1.29, 1.82) is 0 Å². The van der Waals surface area contributed by atoms with Crippen LogP contribution < -0.4 is 5.73 Å². The van der Waals surface area contributed by atoms with E-state index in [9.17, 15) is 0 Å². The standard InChI is InChI=1S/C3H6N2S.H2/c4-3-5-1-2-6-3;/h1-2H2,(H2,4,5);1H. The Hall–Kier alpha value is -0.180. The fraction of sp³-hybridized carbons (Fsp3) is 0.667. The van der Waals surface area contributed by atoms with Gasteiger partial charge in [-0.05, 0) is 0 Å². The van der Waals surface area contributed by atoms with Gasteiger partial charge in [-0.2, -0.15) is 0 Å². The van der Waals surface area contributed by atoms with Crippen LogP contribution in [0.4, 0.5) is 0 Å². The van der Waals surface area contributed by atoms with E-state index in [1.807, 2.05) is 0 Å². The molecule has 1 aliphatic heterocycles. The number of hydrogen-bond acceptors (Lipinski definition) is 3. The molecule has 0 spiro atoms. The number of hydrogen-bond donors (Lipinski definition) is 1. The molecule has 1 rings (SSSR count). The first-order chi connectivity index (χ1) is 2.89.